The summed E-state index contributed by atoms with van der Waals surface area (Å²) in [5, 5.41) is 3.97. The minimum atomic E-state index is -0.559. The van der Waals surface area contributed by atoms with Crippen LogP contribution in [0.15, 0.2) is 59.7 Å². The summed E-state index contributed by atoms with van der Waals surface area (Å²) in [5.41, 5.74) is 9.62. The molecule has 7 heteroatoms. The minimum absolute atomic E-state index is 0.0112. The lowest BCUT2D eigenvalue weighted by molar-refractivity contribution is 0.0628. The first-order chi connectivity index (χ1) is 12.1. The minimum Gasteiger partial charge on any atom is -0.375 e. The topological polar surface area (TPSA) is 87.8 Å². The Kier molecular flexibility index (Phi) is 4.85. The van der Waals surface area contributed by atoms with E-state index in [4.69, 9.17) is 18.0 Å². The molecule has 0 fully saturated rings. The van der Waals surface area contributed by atoms with Crippen molar-refractivity contribution in [3.8, 4) is 0 Å². The number of carbonyl (C=O) groups excluding carboxylic acids is 2. The predicted molar refractivity (Wildman–Crippen MR) is 99.3 cm³/mol. The number of fused-ring (bicyclic) bond motifs is 1. The molecule has 1 heterocycles. The van der Waals surface area contributed by atoms with Crippen LogP contribution in [0.2, 0.25) is 0 Å². The van der Waals surface area contributed by atoms with Crippen molar-refractivity contribution in [1.29, 1.82) is 0 Å². The van der Waals surface area contributed by atoms with E-state index in [2.05, 4.69) is 10.5 Å². The van der Waals surface area contributed by atoms with Crippen LogP contribution in [0.25, 0.3) is 0 Å². The first-order valence-electron chi connectivity index (χ1n) is 7.67. The van der Waals surface area contributed by atoms with Gasteiger partial charge >= 0.3 is 0 Å². The molecule has 6 nitrogen and oxygen atoms in total. The van der Waals surface area contributed by atoms with Crippen LogP contribution >= 0.6 is 12.2 Å². The molecule has 0 spiro atoms. The Labute approximate surface area is 150 Å². The van der Waals surface area contributed by atoms with Gasteiger partial charge in [-0.05, 0) is 36.3 Å². The highest BCUT2D eigenvalue weighted by molar-refractivity contribution is 7.80. The number of nitrogens with two attached hydrogens (primary N) is 1. The van der Waals surface area contributed by atoms with Gasteiger partial charge in [0.25, 0.3) is 11.8 Å². The summed E-state index contributed by atoms with van der Waals surface area (Å²) in [4.78, 5) is 26.6. The number of hydrazone groups is 1. The standard InChI is InChI=1S/C18H16N4O2S/c19-18(25)21-20-11-13(10-12-6-2-1-3-7-12)22-16(23)14-8-4-5-9-15(14)17(22)24/h1-9,11,13H,10H2,(H3,19,21,25)/b20-11+. The Bertz CT molecular complexity index is 816. The van der Waals surface area contributed by atoms with Gasteiger partial charge in [0.05, 0.1) is 17.2 Å². The second-order valence-electron chi connectivity index (χ2n) is 5.54. The molecule has 1 aliphatic rings. The molecule has 0 bridgehead atoms. The van der Waals surface area contributed by atoms with Gasteiger partial charge in [-0.3, -0.25) is 19.9 Å². The first-order valence-corrected chi connectivity index (χ1v) is 8.08. The van der Waals surface area contributed by atoms with E-state index in [9.17, 15) is 9.59 Å². The van der Waals surface area contributed by atoms with Gasteiger partial charge in [0.15, 0.2) is 5.11 Å². The fraction of sp³-hybridized carbons (Fsp3) is 0.111. The molecule has 25 heavy (non-hydrogen) atoms. The molecule has 0 aromatic heterocycles. The summed E-state index contributed by atoms with van der Waals surface area (Å²) in [6.07, 6.45) is 1.92. The number of hydrogen-bond acceptors (Lipinski definition) is 4. The largest absolute Gasteiger partial charge is 0.375 e. The molecule has 126 valence electrons. The van der Waals surface area contributed by atoms with E-state index in [1.807, 2.05) is 30.3 Å². The first kappa shape index (κ1) is 16.8. The monoisotopic (exact) mass is 352 g/mol. The zero-order chi connectivity index (χ0) is 17.8. The maximum absolute atomic E-state index is 12.7. The zero-order valence-electron chi connectivity index (χ0n) is 13.3. The molecule has 1 aliphatic heterocycles. The average molecular weight is 352 g/mol. The molecule has 2 aromatic rings. The molecular formula is C18H16N4O2S. The highest BCUT2D eigenvalue weighted by Crippen LogP contribution is 2.25. The van der Waals surface area contributed by atoms with Crippen molar-refractivity contribution in [3.63, 3.8) is 0 Å². The SMILES string of the molecule is NC(=S)N/N=C/C(Cc1ccccc1)N1C(=O)c2ccccc2C1=O. The molecule has 3 N–H and O–H groups in total. The molecule has 0 radical (unpaired) electrons. The lowest BCUT2D eigenvalue weighted by atomic mass is 10.1. The number of nitrogens with one attached hydrogen (secondary N) is 1. The zero-order valence-corrected chi connectivity index (χ0v) is 14.1. The van der Waals surface area contributed by atoms with Gasteiger partial charge in [-0.15, -0.1) is 0 Å². The molecule has 3 rings (SSSR count). The van der Waals surface area contributed by atoms with Crippen molar-refractivity contribution < 1.29 is 9.59 Å². The number of hydrogen-bond donors (Lipinski definition) is 2. The van der Waals surface area contributed by atoms with E-state index < -0.39 is 6.04 Å². The molecule has 2 amide bonds. The normalized spacial score (nSPS) is 14.6. The van der Waals surface area contributed by atoms with Crippen molar-refractivity contribution in [2.45, 2.75) is 12.5 Å². The fourth-order valence-corrected chi connectivity index (χ4v) is 2.81. The molecule has 1 unspecified atom stereocenters. The highest BCUT2D eigenvalue weighted by atomic mass is 32.1. The van der Waals surface area contributed by atoms with Crippen LogP contribution in [-0.4, -0.2) is 34.1 Å². The van der Waals surface area contributed by atoms with E-state index in [0.717, 1.165) is 5.56 Å². The summed E-state index contributed by atoms with van der Waals surface area (Å²) in [6, 6.07) is 15.8. The smallest absolute Gasteiger partial charge is 0.262 e. The fourth-order valence-electron chi connectivity index (χ4n) is 2.76. The highest BCUT2D eigenvalue weighted by Gasteiger charge is 2.39. The molecule has 0 saturated heterocycles. The van der Waals surface area contributed by atoms with Crippen LogP contribution < -0.4 is 11.2 Å². The summed E-state index contributed by atoms with van der Waals surface area (Å²) in [6.45, 7) is 0. The maximum Gasteiger partial charge on any atom is 0.262 e. The molecule has 1 atom stereocenters. The van der Waals surface area contributed by atoms with Crippen LogP contribution in [-0.2, 0) is 6.42 Å². The number of amides is 2. The Morgan fingerprint density at radius 1 is 1.08 bits per heavy atom. The van der Waals surface area contributed by atoms with E-state index in [1.54, 1.807) is 24.3 Å². The molecular weight excluding hydrogens is 336 g/mol. The Morgan fingerprint density at radius 2 is 1.64 bits per heavy atom. The second kappa shape index (κ2) is 7.23. The third kappa shape index (κ3) is 3.56. The van der Waals surface area contributed by atoms with Crippen molar-refractivity contribution in [1.82, 2.24) is 10.3 Å². The number of rotatable bonds is 5. The Balaban J connectivity index is 1.91. The van der Waals surface area contributed by atoms with Gasteiger partial charge in [0.1, 0.15) is 0 Å². The Morgan fingerprint density at radius 3 is 2.20 bits per heavy atom. The van der Waals surface area contributed by atoms with Crippen LogP contribution in [0.1, 0.15) is 26.3 Å². The van der Waals surface area contributed by atoms with Gasteiger partial charge < -0.3 is 5.73 Å². The van der Waals surface area contributed by atoms with Crippen molar-refractivity contribution in [3.05, 3.63) is 71.3 Å². The van der Waals surface area contributed by atoms with Crippen molar-refractivity contribution in [2.24, 2.45) is 10.8 Å². The maximum atomic E-state index is 12.7. The lowest BCUT2D eigenvalue weighted by Crippen LogP contribution is -2.42. The van der Waals surface area contributed by atoms with E-state index in [1.165, 1.54) is 11.1 Å². The van der Waals surface area contributed by atoms with E-state index in [0.29, 0.717) is 17.5 Å². The number of nitrogens with zero attached hydrogens (tertiary/aromatic N) is 2. The number of imide groups is 1. The van der Waals surface area contributed by atoms with E-state index >= 15 is 0 Å². The van der Waals surface area contributed by atoms with Crippen molar-refractivity contribution in [2.75, 3.05) is 0 Å². The second-order valence-corrected chi connectivity index (χ2v) is 5.98. The molecule has 0 aliphatic carbocycles. The third-order valence-electron chi connectivity index (χ3n) is 3.87. The summed E-state index contributed by atoms with van der Waals surface area (Å²) in [7, 11) is 0. The number of benzene rings is 2. The number of carbonyl (C=O) groups is 2. The lowest BCUT2D eigenvalue weighted by Gasteiger charge is -2.23. The Hall–Kier alpha value is -3.06. The van der Waals surface area contributed by atoms with Gasteiger partial charge in [0, 0.05) is 6.21 Å². The van der Waals surface area contributed by atoms with Crippen LogP contribution in [0.4, 0.5) is 0 Å². The predicted octanol–water partition coefficient (Wildman–Crippen LogP) is 1.71. The van der Waals surface area contributed by atoms with Gasteiger partial charge in [0.2, 0.25) is 0 Å². The van der Waals surface area contributed by atoms with Crippen molar-refractivity contribution >= 4 is 35.4 Å². The van der Waals surface area contributed by atoms with Crippen LogP contribution in [0.3, 0.4) is 0 Å². The quantitative estimate of drug-likeness (QED) is 0.370. The molecule has 0 saturated carbocycles. The van der Waals surface area contributed by atoms with Gasteiger partial charge in [-0.25, -0.2) is 0 Å². The van der Waals surface area contributed by atoms with Crippen LogP contribution in [0, 0.1) is 0 Å². The number of thiocarbonyl (C=S) groups is 1. The van der Waals surface area contributed by atoms with E-state index in [-0.39, 0.29) is 16.9 Å². The third-order valence-corrected chi connectivity index (χ3v) is 3.96. The van der Waals surface area contributed by atoms with Gasteiger partial charge in [-0.2, -0.15) is 5.10 Å². The van der Waals surface area contributed by atoms with Crippen LogP contribution in [0.5, 0.6) is 0 Å². The summed E-state index contributed by atoms with van der Waals surface area (Å²) in [5.74, 6) is -0.661. The van der Waals surface area contributed by atoms with Gasteiger partial charge in [-0.1, -0.05) is 42.5 Å². The average Bonchev–Trinajstić information content (AvgIpc) is 2.86. The summed E-state index contributed by atoms with van der Waals surface area (Å²) < 4.78 is 0. The molecule has 2 aromatic carbocycles. The summed E-state index contributed by atoms with van der Waals surface area (Å²) >= 11 is 4.72.